The van der Waals surface area contributed by atoms with Gasteiger partial charge in [-0.15, -0.1) is 0 Å². The van der Waals surface area contributed by atoms with Gasteiger partial charge in [0.25, 0.3) is 0 Å². The molecule has 0 atom stereocenters. The van der Waals surface area contributed by atoms with Gasteiger partial charge in [-0.25, -0.2) is 19.9 Å². The molecule has 0 saturated heterocycles. The van der Waals surface area contributed by atoms with Gasteiger partial charge in [0.15, 0.2) is 17.5 Å². The fourth-order valence-electron chi connectivity index (χ4n) is 8.16. The Morgan fingerprint density at radius 2 is 0.700 bits per heavy atom. The summed E-state index contributed by atoms with van der Waals surface area (Å²) in [6.45, 7) is 0. The third kappa shape index (κ3) is 6.20. The van der Waals surface area contributed by atoms with Crippen LogP contribution in [0.4, 0.5) is 0 Å². The Kier molecular flexibility index (Phi) is 8.63. The first-order chi connectivity index (χ1) is 29.8. The second kappa shape index (κ2) is 14.9. The van der Waals surface area contributed by atoms with E-state index in [-0.39, 0.29) is 0 Å². The molecule has 60 heavy (non-hydrogen) atoms. The van der Waals surface area contributed by atoms with E-state index in [1.165, 1.54) is 0 Å². The van der Waals surface area contributed by atoms with Gasteiger partial charge in [0, 0.05) is 41.5 Å². The average Bonchev–Trinajstić information content (AvgIpc) is 3.34. The van der Waals surface area contributed by atoms with Crippen LogP contribution in [0.1, 0.15) is 0 Å². The molecule has 0 bridgehead atoms. The Labute approximate surface area is 345 Å². The highest BCUT2D eigenvalue weighted by Crippen LogP contribution is 2.46. The van der Waals surface area contributed by atoms with Gasteiger partial charge in [0.2, 0.25) is 0 Å². The molecule has 0 radical (unpaired) electrons. The minimum Gasteiger partial charge on any atom is -0.261 e. The molecule has 0 aliphatic carbocycles. The van der Waals surface area contributed by atoms with Crippen molar-refractivity contribution in [3.8, 4) is 79.2 Å². The molecular formula is C52H32N8. The summed E-state index contributed by atoms with van der Waals surface area (Å²) in [6, 6.07) is 54.7. The van der Waals surface area contributed by atoms with Crippen molar-refractivity contribution in [2.75, 3.05) is 0 Å². The van der Waals surface area contributed by atoms with E-state index in [0.717, 1.165) is 71.3 Å². The maximum atomic E-state index is 5.21. The minimum absolute atomic E-state index is 0.623. The molecule has 4 heterocycles. The number of benzene rings is 7. The molecule has 0 aliphatic heterocycles. The van der Waals surface area contributed by atoms with Crippen molar-refractivity contribution < 1.29 is 0 Å². The summed E-state index contributed by atoms with van der Waals surface area (Å²) >= 11 is 0. The smallest absolute Gasteiger partial charge is 0.165 e. The zero-order chi connectivity index (χ0) is 39.8. The van der Waals surface area contributed by atoms with Crippen LogP contribution < -0.4 is 0 Å². The first-order valence-electron chi connectivity index (χ1n) is 19.6. The summed E-state index contributed by atoms with van der Waals surface area (Å²) in [5.74, 6) is 1.87. The molecule has 0 amide bonds. The summed E-state index contributed by atoms with van der Waals surface area (Å²) in [5, 5.41) is 6.54. The number of nitrogens with zero attached hydrogens (tertiary/aromatic N) is 8. The van der Waals surface area contributed by atoms with Crippen LogP contribution in [0.3, 0.4) is 0 Å². The molecule has 8 nitrogen and oxygen atoms in total. The predicted molar refractivity (Wildman–Crippen MR) is 239 cm³/mol. The lowest BCUT2D eigenvalue weighted by Crippen LogP contribution is -2.01. The Hall–Kier alpha value is -8.36. The third-order valence-corrected chi connectivity index (χ3v) is 10.8. The molecular weight excluding hydrogens is 737 g/mol. The van der Waals surface area contributed by atoms with Crippen LogP contribution in [0, 0.1) is 0 Å². The lowest BCUT2D eigenvalue weighted by atomic mass is 9.85. The van der Waals surface area contributed by atoms with Gasteiger partial charge in [-0.05, 0) is 66.7 Å². The highest BCUT2D eigenvalue weighted by atomic mass is 15.0. The lowest BCUT2D eigenvalue weighted by Gasteiger charge is -2.19. The van der Waals surface area contributed by atoms with Crippen molar-refractivity contribution in [1.82, 2.24) is 39.9 Å². The van der Waals surface area contributed by atoms with E-state index in [2.05, 4.69) is 117 Å². The Morgan fingerprint density at radius 3 is 1.18 bits per heavy atom. The van der Waals surface area contributed by atoms with Crippen molar-refractivity contribution in [1.29, 1.82) is 0 Å². The van der Waals surface area contributed by atoms with E-state index >= 15 is 0 Å². The molecule has 11 rings (SSSR count). The van der Waals surface area contributed by atoms with Crippen molar-refractivity contribution in [2.45, 2.75) is 0 Å². The van der Waals surface area contributed by atoms with Gasteiger partial charge < -0.3 is 0 Å². The van der Waals surface area contributed by atoms with Crippen LogP contribution >= 0.6 is 0 Å². The zero-order valence-corrected chi connectivity index (χ0v) is 32.1. The van der Waals surface area contributed by atoms with E-state index in [9.17, 15) is 0 Å². The topological polar surface area (TPSA) is 103 Å². The van der Waals surface area contributed by atoms with Gasteiger partial charge in [0.05, 0.1) is 23.8 Å². The van der Waals surface area contributed by atoms with Gasteiger partial charge in [-0.1, -0.05) is 146 Å². The maximum Gasteiger partial charge on any atom is 0.165 e. The third-order valence-electron chi connectivity index (χ3n) is 10.8. The molecule has 7 aromatic carbocycles. The molecule has 8 heteroatoms. The van der Waals surface area contributed by atoms with E-state index in [4.69, 9.17) is 19.9 Å². The number of pyridine rings is 1. The largest absolute Gasteiger partial charge is 0.261 e. The number of fused-ring (bicyclic) bond motifs is 3. The lowest BCUT2D eigenvalue weighted by molar-refractivity contribution is 1.08. The van der Waals surface area contributed by atoms with E-state index in [0.29, 0.717) is 40.2 Å². The second-order valence-electron chi connectivity index (χ2n) is 14.4. The Bertz CT molecular complexity index is 3190. The average molecular weight is 769 g/mol. The normalized spacial score (nSPS) is 11.3. The summed E-state index contributed by atoms with van der Waals surface area (Å²) in [4.78, 5) is 38.2. The van der Waals surface area contributed by atoms with Gasteiger partial charge in [-0.3, -0.25) is 19.9 Å². The van der Waals surface area contributed by atoms with E-state index in [1.54, 1.807) is 37.2 Å². The van der Waals surface area contributed by atoms with Crippen LogP contribution in [0.5, 0.6) is 0 Å². The number of aromatic nitrogens is 8. The van der Waals surface area contributed by atoms with Gasteiger partial charge >= 0.3 is 0 Å². The van der Waals surface area contributed by atoms with E-state index in [1.807, 2.05) is 60.7 Å². The predicted octanol–water partition coefficient (Wildman–Crippen LogP) is 12.0. The Morgan fingerprint density at radius 1 is 0.283 bits per heavy atom. The molecule has 280 valence electrons. The number of rotatable bonds is 7. The monoisotopic (exact) mass is 768 g/mol. The summed E-state index contributed by atoms with van der Waals surface area (Å²) in [6.07, 6.45) is 10.2. The van der Waals surface area contributed by atoms with Crippen molar-refractivity contribution >= 4 is 32.3 Å². The molecule has 0 saturated carbocycles. The van der Waals surface area contributed by atoms with Crippen LogP contribution in [-0.2, 0) is 0 Å². The molecule has 0 fully saturated rings. The summed E-state index contributed by atoms with van der Waals surface area (Å²) in [5.41, 5.74) is 9.88. The SMILES string of the molecule is c1ccc(-c2nc(-c3ccccc3)nc(-c3c4ccccc4c(-c4ccc(-c5cc(-c6cnccn6)nc(-c6cnccn6)c5)c5ccccc45)c4ccccc34)n2)cc1. The minimum atomic E-state index is 0.623. The molecule has 0 N–H and O–H groups in total. The molecule has 11 aromatic rings. The van der Waals surface area contributed by atoms with E-state index < -0.39 is 0 Å². The van der Waals surface area contributed by atoms with Crippen molar-refractivity contribution in [3.05, 3.63) is 195 Å². The van der Waals surface area contributed by atoms with Gasteiger partial charge in [-0.2, -0.15) is 0 Å². The zero-order valence-electron chi connectivity index (χ0n) is 32.1. The molecule has 4 aromatic heterocycles. The summed E-state index contributed by atoms with van der Waals surface area (Å²) < 4.78 is 0. The molecule has 0 spiro atoms. The molecule has 0 aliphatic rings. The highest BCUT2D eigenvalue weighted by molar-refractivity contribution is 6.23. The first-order valence-corrected chi connectivity index (χ1v) is 19.6. The number of hydrogen-bond donors (Lipinski definition) is 0. The standard InChI is InChI=1S/C52H32N8/c1-3-13-33(14-4-1)50-58-51(34-15-5-2-6-16-34)60-52(59-50)49-41-21-11-9-19-39(41)48(40-20-10-12-22-42(40)49)43-24-23-36(37-17-7-8-18-38(37)43)35-29-44(46-31-53-25-27-55-46)57-45(30-35)47-32-54-26-28-56-47/h1-32H. The Balaban J connectivity index is 1.15. The quantitative estimate of drug-likeness (QED) is 0.148. The fraction of sp³-hybridized carbons (Fsp3) is 0. The highest BCUT2D eigenvalue weighted by Gasteiger charge is 2.22. The fourth-order valence-corrected chi connectivity index (χ4v) is 8.16. The molecule has 0 unspecified atom stereocenters. The second-order valence-corrected chi connectivity index (χ2v) is 14.4. The van der Waals surface area contributed by atoms with Crippen LogP contribution in [0.15, 0.2) is 195 Å². The van der Waals surface area contributed by atoms with Crippen molar-refractivity contribution in [2.24, 2.45) is 0 Å². The first kappa shape index (κ1) is 34.9. The maximum absolute atomic E-state index is 5.21. The van der Waals surface area contributed by atoms with Gasteiger partial charge in [0.1, 0.15) is 11.4 Å². The van der Waals surface area contributed by atoms with Crippen LogP contribution in [0.25, 0.3) is 112 Å². The van der Waals surface area contributed by atoms with Crippen LogP contribution in [0.2, 0.25) is 0 Å². The number of hydrogen-bond acceptors (Lipinski definition) is 8. The van der Waals surface area contributed by atoms with Crippen molar-refractivity contribution in [3.63, 3.8) is 0 Å². The van der Waals surface area contributed by atoms with Crippen LogP contribution in [-0.4, -0.2) is 39.9 Å². The summed E-state index contributed by atoms with van der Waals surface area (Å²) in [7, 11) is 0.